The van der Waals surface area contributed by atoms with Gasteiger partial charge < -0.3 is 20.1 Å². The maximum Gasteiger partial charge on any atom is 0.393 e. The number of imide groups is 1. The number of nitrogens with one attached hydrogen (secondary N) is 2. The number of Topliss-reactive ketones (excluding diaryl/α,β-unsaturated/α-hetero) is 1. The standard InChI is InChI=1S/C23H24F3N3O7.C6H6/c1-12(23(24,25)26)20(21(33)14-10-19(32)29(2)22(14)34)28-18(31)7-8-27-17(30)6-4-13-3-5-15-16(9-13)36-11-35-15;1-2-4-6-5-3-1/h3-6,9,12,14,20H,7-8,10-11H2,1-2H3,(H,27,30)(H,28,31);1-6H/b6-4+;. The highest BCUT2D eigenvalue weighted by molar-refractivity contribution is 6.15. The third-order valence-corrected chi connectivity index (χ3v) is 6.51. The van der Waals surface area contributed by atoms with Gasteiger partial charge in [-0.05, 0) is 23.8 Å². The summed E-state index contributed by atoms with van der Waals surface area (Å²) in [6, 6.07) is 15.0. The van der Waals surface area contributed by atoms with Gasteiger partial charge in [0.1, 0.15) is 5.92 Å². The van der Waals surface area contributed by atoms with E-state index in [9.17, 15) is 37.1 Å². The topological polar surface area (TPSA) is 131 Å². The number of nitrogens with zero attached hydrogens (tertiary/aromatic N) is 1. The Morgan fingerprint density at radius 2 is 1.67 bits per heavy atom. The van der Waals surface area contributed by atoms with E-state index in [4.69, 9.17) is 9.47 Å². The lowest BCUT2D eigenvalue weighted by atomic mass is 9.88. The summed E-state index contributed by atoms with van der Waals surface area (Å²) in [5.41, 5.74) is 0.653. The molecule has 3 atom stereocenters. The van der Waals surface area contributed by atoms with Crippen LogP contribution >= 0.6 is 0 Å². The van der Waals surface area contributed by atoms with Gasteiger partial charge in [-0.3, -0.25) is 28.9 Å². The zero-order valence-corrected chi connectivity index (χ0v) is 22.9. The second kappa shape index (κ2) is 14.3. The van der Waals surface area contributed by atoms with Gasteiger partial charge in [0.05, 0.1) is 12.0 Å². The van der Waals surface area contributed by atoms with Crippen molar-refractivity contribution in [3.8, 4) is 11.5 Å². The predicted octanol–water partition coefficient (Wildman–Crippen LogP) is 2.88. The Morgan fingerprint density at radius 1 is 1.05 bits per heavy atom. The summed E-state index contributed by atoms with van der Waals surface area (Å²) >= 11 is 0. The molecule has 2 aliphatic rings. The first-order valence-electron chi connectivity index (χ1n) is 12.9. The summed E-state index contributed by atoms with van der Waals surface area (Å²) in [5.74, 6) is -7.09. The van der Waals surface area contributed by atoms with Crippen LogP contribution in [-0.2, 0) is 24.0 Å². The van der Waals surface area contributed by atoms with Crippen LogP contribution in [-0.4, -0.2) is 66.9 Å². The molecule has 0 bridgehead atoms. The SMILES string of the molecule is CC(C(NC(=O)CCNC(=O)/C=C/c1ccc2c(c1)OCO2)C(=O)C1CC(=O)N(C)C1=O)C(F)(F)F.c1ccccc1. The lowest BCUT2D eigenvalue weighted by Gasteiger charge is -2.27. The monoisotopic (exact) mass is 589 g/mol. The van der Waals surface area contributed by atoms with Gasteiger partial charge in [0.2, 0.25) is 30.4 Å². The summed E-state index contributed by atoms with van der Waals surface area (Å²) in [6.45, 7) is 0.586. The van der Waals surface area contributed by atoms with E-state index >= 15 is 0 Å². The van der Waals surface area contributed by atoms with Crippen molar-refractivity contribution < 1.29 is 46.6 Å². The minimum Gasteiger partial charge on any atom is -0.454 e. The van der Waals surface area contributed by atoms with Crippen molar-refractivity contribution in [3.63, 3.8) is 0 Å². The average Bonchev–Trinajstić information content (AvgIpc) is 3.54. The van der Waals surface area contributed by atoms with Crippen LogP contribution in [0, 0.1) is 11.8 Å². The molecule has 2 heterocycles. The van der Waals surface area contributed by atoms with Gasteiger partial charge in [0.15, 0.2) is 17.3 Å². The fraction of sp³-hybridized carbons (Fsp3) is 0.345. The predicted molar refractivity (Wildman–Crippen MR) is 144 cm³/mol. The molecule has 3 unspecified atom stereocenters. The van der Waals surface area contributed by atoms with E-state index in [0.717, 1.165) is 7.05 Å². The number of rotatable bonds is 9. The zero-order chi connectivity index (χ0) is 30.9. The number of alkyl halides is 3. The van der Waals surface area contributed by atoms with E-state index < -0.39 is 66.3 Å². The maximum atomic E-state index is 13.4. The van der Waals surface area contributed by atoms with Gasteiger partial charge in [0.25, 0.3) is 0 Å². The molecule has 2 aromatic carbocycles. The maximum absolute atomic E-state index is 13.4. The molecule has 42 heavy (non-hydrogen) atoms. The molecular weight excluding hydrogens is 559 g/mol. The summed E-state index contributed by atoms with van der Waals surface area (Å²) < 4.78 is 50.5. The molecule has 1 fully saturated rings. The third kappa shape index (κ3) is 8.66. The molecule has 13 heteroatoms. The number of halogens is 3. The number of ether oxygens (including phenoxy) is 2. The van der Waals surface area contributed by atoms with E-state index in [1.54, 1.807) is 18.2 Å². The van der Waals surface area contributed by atoms with Gasteiger partial charge >= 0.3 is 6.18 Å². The average molecular weight is 590 g/mol. The molecule has 0 saturated carbocycles. The third-order valence-electron chi connectivity index (χ3n) is 6.51. The Balaban J connectivity index is 0.000000715. The molecule has 0 radical (unpaired) electrons. The second-order valence-electron chi connectivity index (χ2n) is 9.47. The fourth-order valence-electron chi connectivity index (χ4n) is 4.00. The van der Waals surface area contributed by atoms with Crippen LogP contribution in [0.4, 0.5) is 13.2 Å². The lowest BCUT2D eigenvalue weighted by Crippen LogP contribution is -2.52. The summed E-state index contributed by atoms with van der Waals surface area (Å²) in [6.07, 6.45) is -3.13. The zero-order valence-electron chi connectivity index (χ0n) is 22.9. The van der Waals surface area contributed by atoms with E-state index in [0.29, 0.717) is 28.9 Å². The van der Waals surface area contributed by atoms with Crippen molar-refractivity contribution >= 4 is 35.5 Å². The molecule has 10 nitrogen and oxygen atoms in total. The van der Waals surface area contributed by atoms with Crippen LogP contribution in [0.2, 0.25) is 0 Å². The Bertz CT molecular complexity index is 1300. The van der Waals surface area contributed by atoms with E-state index in [1.165, 1.54) is 12.2 Å². The van der Waals surface area contributed by atoms with Crippen molar-refractivity contribution in [1.29, 1.82) is 0 Å². The highest BCUT2D eigenvalue weighted by Gasteiger charge is 2.50. The Morgan fingerprint density at radius 3 is 2.24 bits per heavy atom. The quantitative estimate of drug-likeness (QED) is 0.261. The number of benzene rings is 2. The van der Waals surface area contributed by atoms with Gasteiger partial charge in [-0.1, -0.05) is 49.4 Å². The fourth-order valence-corrected chi connectivity index (χ4v) is 4.00. The van der Waals surface area contributed by atoms with Crippen molar-refractivity contribution in [2.24, 2.45) is 11.8 Å². The largest absolute Gasteiger partial charge is 0.454 e. The second-order valence-corrected chi connectivity index (χ2v) is 9.47. The number of amides is 4. The van der Waals surface area contributed by atoms with Crippen LogP contribution in [0.3, 0.4) is 0 Å². The van der Waals surface area contributed by atoms with E-state index in [2.05, 4.69) is 5.32 Å². The molecule has 0 aliphatic carbocycles. The van der Waals surface area contributed by atoms with Gasteiger partial charge in [-0.15, -0.1) is 0 Å². The Hall–Kier alpha value is -4.68. The van der Waals surface area contributed by atoms with Crippen molar-refractivity contribution in [1.82, 2.24) is 15.5 Å². The Kier molecular flexibility index (Phi) is 10.8. The highest BCUT2D eigenvalue weighted by atomic mass is 19.4. The molecular formula is C29H30F3N3O7. The van der Waals surface area contributed by atoms with E-state index in [1.807, 2.05) is 41.7 Å². The van der Waals surface area contributed by atoms with Crippen molar-refractivity contribution in [3.05, 3.63) is 66.2 Å². The highest BCUT2D eigenvalue weighted by Crippen LogP contribution is 2.33. The minimum absolute atomic E-state index is 0.103. The molecule has 2 aliphatic heterocycles. The number of hydrogen-bond donors (Lipinski definition) is 2. The first-order chi connectivity index (χ1) is 19.9. The smallest absolute Gasteiger partial charge is 0.393 e. The first-order valence-corrected chi connectivity index (χ1v) is 12.9. The number of carbonyl (C=O) groups excluding carboxylic acids is 5. The number of ketones is 1. The van der Waals surface area contributed by atoms with Crippen LogP contribution in [0.1, 0.15) is 25.3 Å². The van der Waals surface area contributed by atoms with E-state index in [-0.39, 0.29) is 13.3 Å². The van der Waals surface area contributed by atoms with Crippen LogP contribution in [0.25, 0.3) is 6.08 Å². The van der Waals surface area contributed by atoms with Crippen molar-refractivity contribution in [2.75, 3.05) is 20.4 Å². The van der Waals surface area contributed by atoms with Crippen LogP contribution < -0.4 is 20.1 Å². The van der Waals surface area contributed by atoms with Crippen molar-refractivity contribution in [2.45, 2.75) is 32.0 Å². The lowest BCUT2D eigenvalue weighted by molar-refractivity contribution is -0.181. The molecule has 2 N–H and O–H groups in total. The van der Waals surface area contributed by atoms with Gasteiger partial charge in [-0.25, -0.2) is 0 Å². The number of fused-ring (bicyclic) bond motifs is 1. The molecule has 2 aromatic rings. The molecule has 4 rings (SSSR count). The molecule has 0 spiro atoms. The summed E-state index contributed by atoms with van der Waals surface area (Å²) in [4.78, 5) is 61.5. The summed E-state index contributed by atoms with van der Waals surface area (Å²) in [7, 11) is 1.13. The van der Waals surface area contributed by atoms with Crippen LogP contribution in [0.15, 0.2) is 60.7 Å². The molecule has 1 saturated heterocycles. The first kappa shape index (κ1) is 31.8. The minimum atomic E-state index is -4.85. The summed E-state index contributed by atoms with van der Waals surface area (Å²) in [5, 5.41) is 4.44. The molecule has 224 valence electrons. The number of likely N-dealkylation sites (tertiary alicyclic amines) is 1. The van der Waals surface area contributed by atoms with Crippen LogP contribution in [0.5, 0.6) is 11.5 Å². The van der Waals surface area contributed by atoms with Gasteiger partial charge in [0, 0.05) is 32.5 Å². The number of hydrogen-bond acceptors (Lipinski definition) is 7. The normalized spacial score (nSPS) is 17.4. The molecule has 4 amide bonds. The Labute approximate surface area is 239 Å². The van der Waals surface area contributed by atoms with Gasteiger partial charge in [-0.2, -0.15) is 13.2 Å². The number of carbonyl (C=O) groups is 5. The molecule has 0 aromatic heterocycles.